The molecular formula is C18H24N2. The molecule has 1 heterocycles. The molecule has 0 spiro atoms. The average molecular weight is 268 g/mol. The van der Waals surface area contributed by atoms with Crippen molar-refractivity contribution in [3.8, 4) is 0 Å². The molecule has 0 saturated heterocycles. The maximum Gasteiger partial charge on any atom is 0.0579 e. The van der Waals surface area contributed by atoms with Crippen LogP contribution < -0.4 is 5.32 Å². The number of nitrogens with zero attached hydrogens (tertiary/aromatic N) is 1. The molecule has 0 amide bonds. The van der Waals surface area contributed by atoms with Crippen molar-refractivity contribution in [3.63, 3.8) is 0 Å². The van der Waals surface area contributed by atoms with Crippen molar-refractivity contribution in [2.75, 3.05) is 6.54 Å². The minimum absolute atomic E-state index is 0.278. The Kier molecular flexibility index (Phi) is 4.91. The zero-order chi connectivity index (χ0) is 14.5. The first kappa shape index (κ1) is 14.7. The van der Waals surface area contributed by atoms with Crippen LogP contribution in [0.3, 0.4) is 0 Å². The number of nitrogens with one attached hydrogen (secondary N) is 1. The second-order valence-corrected chi connectivity index (χ2v) is 5.50. The van der Waals surface area contributed by atoms with Crippen LogP contribution in [-0.2, 0) is 6.42 Å². The summed E-state index contributed by atoms with van der Waals surface area (Å²) in [5.74, 6) is 0. The van der Waals surface area contributed by atoms with Crippen LogP contribution in [0.5, 0.6) is 0 Å². The molecule has 2 aromatic rings. The van der Waals surface area contributed by atoms with E-state index in [1.54, 1.807) is 0 Å². The van der Waals surface area contributed by atoms with E-state index in [4.69, 9.17) is 0 Å². The van der Waals surface area contributed by atoms with Crippen LogP contribution in [0, 0.1) is 20.8 Å². The molecule has 106 valence electrons. The molecule has 0 bridgehead atoms. The second kappa shape index (κ2) is 6.67. The summed E-state index contributed by atoms with van der Waals surface area (Å²) >= 11 is 0. The highest BCUT2D eigenvalue weighted by molar-refractivity contribution is 5.32. The number of benzene rings is 1. The molecular weight excluding hydrogens is 244 g/mol. The molecule has 1 aromatic carbocycles. The summed E-state index contributed by atoms with van der Waals surface area (Å²) in [6.45, 7) is 9.54. The number of hydrogen-bond donors (Lipinski definition) is 1. The molecule has 0 aliphatic carbocycles. The third-order valence-electron chi connectivity index (χ3n) is 3.67. The fourth-order valence-electron chi connectivity index (χ4n) is 2.52. The Labute approximate surface area is 122 Å². The van der Waals surface area contributed by atoms with E-state index in [1.165, 1.54) is 22.3 Å². The van der Waals surface area contributed by atoms with Gasteiger partial charge < -0.3 is 5.32 Å². The quantitative estimate of drug-likeness (QED) is 0.889. The Bertz CT molecular complexity index is 575. The van der Waals surface area contributed by atoms with Crippen molar-refractivity contribution in [3.05, 3.63) is 64.5 Å². The van der Waals surface area contributed by atoms with Gasteiger partial charge in [0.05, 0.1) is 11.7 Å². The first-order valence-electron chi connectivity index (χ1n) is 7.32. The lowest BCUT2D eigenvalue weighted by Crippen LogP contribution is -2.24. The highest BCUT2D eigenvalue weighted by Crippen LogP contribution is 2.20. The highest BCUT2D eigenvalue weighted by Gasteiger charge is 2.14. The normalized spacial score (nSPS) is 12.4. The van der Waals surface area contributed by atoms with E-state index in [2.05, 4.69) is 62.3 Å². The minimum Gasteiger partial charge on any atom is -0.309 e. The van der Waals surface area contributed by atoms with Crippen molar-refractivity contribution in [1.82, 2.24) is 10.3 Å². The first-order valence-corrected chi connectivity index (χ1v) is 7.32. The molecule has 1 N–H and O–H groups in total. The summed E-state index contributed by atoms with van der Waals surface area (Å²) in [4.78, 5) is 4.54. The van der Waals surface area contributed by atoms with Gasteiger partial charge in [-0.15, -0.1) is 0 Å². The van der Waals surface area contributed by atoms with Gasteiger partial charge >= 0.3 is 0 Å². The van der Waals surface area contributed by atoms with Gasteiger partial charge in [0, 0.05) is 6.20 Å². The summed E-state index contributed by atoms with van der Waals surface area (Å²) in [6.07, 6.45) is 2.88. The van der Waals surface area contributed by atoms with E-state index in [-0.39, 0.29) is 6.04 Å². The summed E-state index contributed by atoms with van der Waals surface area (Å²) in [5.41, 5.74) is 6.47. The maximum absolute atomic E-state index is 4.54. The van der Waals surface area contributed by atoms with Gasteiger partial charge in [-0.1, -0.05) is 30.7 Å². The average Bonchev–Trinajstić information content (AvgIpc) is 2.42. The summed E-state index contributed by atoms with van der Waals surface area (Å²) in [5, 5.41) is 3.56. The van der Waals surface area contributed by atoms with Crippen LogP contribution in [0.2, 0.25) is 0 Å². The lowest BCUT2D eigenvalue weighted by molar-refractivity contribution is 0.535. The summed E-state index contributed by atoms with van der Waals surface area (Å²) in [6, 6.07) is 11.2. The predicted octanol–water partition coefficient (Wildman–Crippen LogP) is 3.90. The Morgan fingerprint density at radius 3 is 2.50 bits per heavy atom. The fraction of sp³-hybridized carbons (Fsp3) is 0.389. The standard InChI is InChI=1S/C18H24N2/c1-5-19-18(17-11-14(3)8-9-20-17)12-16-10-13(2)6-7-15(16)4/h6-11,18-19H,5,12H2,1-4H3. The van der Waals surface area contributed by atoms with Gasteiger partial charge in [-0.05, 0) is 62.6 Å². The Hall–Kier alpha value is -1.67. The summed E-state index contributed by atoms with van der Waals surface area (Å²) in [7, 11) is 0. The van der Waals surface area contributed by atoms with E-state index in [1.807, 2.05) is 12.3 Å². The van der Waals surface area contributed by atoms with Crippen molar-refractivity contribution in [2.24, 2.45) is 0 Å². The Balaban J connectivity index is 2.27. The molecule has 20 heavy (non-hydrogen) atoms. The number of pyridine rings is 1. The molecule has 0 fully saturated rings. The SMILES string of the molecule is CCNC(Cc1cc(C)ccc1C)c1cc(C)ccn1. The zero-order valence-corrected chi connectivity index (χ0v) is 12.9. The van der Waals surface area contributed by atoms with Crippen LogP contribution >= 0.6 is 0 Å². The van der Waals surface area contributed by atoms with Crippen molar-refractivity contribution in [2.45, 2.75) is 40.2 Å². The number of rotatable bonds is 5. The molecule has 2 heteroatoms. The number of hydrogen-bond acceptors (Lipinski definition) is 2. The molecule has 0 radical (unpaired) electrons. The lowest BCUT2D eigenvalue weighted by atomic mass is 9.96. The molecule has 2 rings (SSSR count). The van der Waals surface area contributed by atoms with E-state index in [0.717, 1.165) is 18.7 Å². The minimum atomic E-state index is 0.278. The van der Waals surface area contributed by atoms with Gasteiger partial charge in [0.2, 0.25) is 0 Å². The molecule has 1 unspecified atom stereocenters. The monoisotopic (exact) mass is 268 g/mol. The van der Waals surface area contributed by atoms with Crippen molar-refractivity contribution >= 4 is 0 Å². The van der Waals surface area contributed by atoms with E-state index in [9.17, 15) is 0 Å². The van der Waals surface area contributed by atoms with Crippen LogP contribution in [0.1, 0.15) is 40.9 Å². The largest absolute Gasteiger partial charge is 0.309 e. The molecule has 2 nitrogen and oxygen atoms in total. The van der Waals surface area contributed by atoms with Gasteiger partial charge in [-0.3, -0.25) is 4.98 Å². The van der Waals surface area contributed by atoms with E-state index < -0.39 is 0 Å². The molecule has 0 saturated carbocycles. The third kappa shape index (κ3) is 3.67. The summed E-state index contributed by atoms with van der Waals surface area (Å²) < 4.78 is 0. The topological polar surface area (TPSA) is 24.9 Å². The lowest BCUT2D eigenvalue weighted by Gasteiger charge is -2.19. The molecule has 1 atom stereocenters. The Morgan fingerprint density at radius 1 is 1.05 bits per heavy atom. The van der Waals surface area contributed by atoms with Crippen molar-refractivity contribution in [1.29, 1.82) is 0 Å². The smallest absolute Gasteiger partial charge is 0.0579 e. The first-order chi connectivity index (χ1) is 9.60. The zero-order valence-electron chi connectivity index (χ0n) is 12.9. The van der Waals surface area contributed by atoms with E-state index in [0.29, 0.717) is 0 Å². The second-order valence-electron chi connectivity index (χ2n) is 5.50. The maximum atomic E-state index is 4.54. The van der Waals surface area contributed by atoms with Gasteiger partial charge in [-0.25, -0.2) is 0 Å². The number of aromatic nitrogens is 1. The van der Waals surface area contributed by atoms with Crippen LogP contribution in [-0.4, -0.2) is 11.5 Å². The Morgan fingerprint density at radius 2 is 1.80 bits per heavy atom. The van der Waals surface area contributed by atoms with Crippen LogP contribution in [0.15, 0.2) is 36.5 Å². The van der Waals surface area contributed by atoms with Crippen LogP contribution in [0.4, 0.5) is 0 Å². The predicted molar refractivity (Wildman–Crippen MR) is 85.0 cm³/mol. The van der Waals surface area contributed by atoms with Crippen LogP contribution in [0.25, 0.3) is 0 Å². The van der Waals surface area contributed by atoms with Gasteiger partial charge in [0.1, 0.15) is 0 Å². The van der Waals surface area contributed by atoms with Gasteiger partial charge in [0.15, 0.2) is 0 Å². The van der Waals surface area contributed by atoms with Gasteiger partial charge in [-0.2, -0.15) is 0 Å². The van der Waals surface area contributed by atoms with E-state index >= 15 is 0 Å². The van der Waals surface area contributed by atoms with Crippen molar-refractivity contribution < 1.29 is 0 Å². The van der Waals surface area contributed by atoms with Gasteiger partial charge in [0.25, 0.3) is 0 Å². The molecule has 0 aliphatic heterocycles. The highest BCUT2D eigenvalue weighted by atomic mass is 14.9. The molecule has 0 aliphatic rings. The molecule has 1 aromatic heterocycles. The third-order valence-corrected chi connectivity index (χ3v) is 3.67. The number of likely N-dealkylation sites (N-methyl/N-ethyl adjacent to an activating group) is 1. The fourth-order valence-corrected chi connectivity index (χ4v) is 2.52. The number of aryl methyl sites for hydroxylation is 3.